The van der Waals surface area contributed by atoms with Crippen LogP contribution in [0.15, 0.2) is 24.3 Å². The highest BCUT2D eigenvalue weighted by molar-refractivity contribution is 5.94. The standard InChI is InChI=1S/C13H18N2O3/c1-17-10-5-3-9(4-6-10)13(16)15-11-7-14-8-12(11)18-2/h3-6,11-12,14H,7-8H2,1-2H3,(H,15,16)/t11?,12-/m1/s1. The summed E-state index contributed by atoms with van der Waals surface area (Å²) in [5.41, 5.74) is 0.623. The van der Waals surface area contributed by atoms with Gasteiger partial charge in [0.15, 0.2) is 0 Å². The fraction of sp³-hybridized carbons (Fsp3) is 0.462. The van der Waals surface area contributed by atoms with Gasteiger partial charge < -0.3 is 20.1 Å². The second-order valence-electron chi connectivity index (χ2n) is 4.24. The van der Waals surface area contributed by atoms with Crippen molar-refractivity contribution in [1.82, 2.24) is 10.6 Å². The molecular weight excluding hydrogens is 232 g/mol. The SMILES string of the molecule is COc1ccc(C(=O)NC2CNC[C@H]2OC)cc1. The molecule has 0 aliphatic carbocycles. The molecule has 1 aromatic rings. The maximum atomic E-state index is 12.0. The predicted molar refractivity (Wildman–Crippen MR) is 67.9 cm³/mol. The second-order valence-corrected chi connectivity index (χ2v) is 4.24. The molecule has 1 fully saturated rings. The van der Waals surface area contributed by atoms with Crippen LogP contribution in [-0.2, 0) is 4.74 Å². The molecule has 1 aliphatic heterocycles. The molecule has 0 saturated carbocycles. The number of carbonyl (C=O) groups excluding carboxylic acids is 1. The van der Waals surface area contributed by atoms with Crippen molar-refractivity contribution in [1.29, 1.82) is 0 Å². The smallest absolute Gasteiger partial charge is 0.251 e. The molecule has 5 nitrogen and oxygen atoms in total. The zero-order valence-corrected chi connectivity index (χ0v) is 10.6. The largest absolute Gasteiger partial charge is 0.497 e. The molecule has 5 heteroatoms. The summed E-state index contributed by atoms with van der Waals surface area (Å²) < 4.78 is 10.4. The lowest BCUT2D eigenvalue weighted by Gasteiger charge is -2.18. The number of ether oxygens (including phenoxy) is 2. The van der Waals surface area contributed by atoms with Crippen molar-refractivity contribution in [3.05, 3.63) is 29.8 Å². The Morgan fingerprint density at radius 2 is 2.00 bits per heavy atom. The molecule has 2 atom stereocenters. The van der Waals surface area contributed by atoms with E-state index in [-0.39, 0.29) is 18.1 Å². The molecule has 0 spiro atoms. The second kappa shape index (κ2) is 5.84. The first-order valence-electron chi connectivity index (χ1n) is 5.93. The van der Waals surface area contributed by atoms with Crippen LogP contribution in [0.2, 0.25) is 0 Å². The Balaban J connectivity index is 1.98. The molecule has 1 aliphatic rings. The van der Waals surface area contributed by atoms with Crippen molar-refractivity contribution in [3.8, 4) is 5.75 Å². The molecule has 0 bridgehead atoms. The van der Waals surface area contributed by atoms with Crippen LogP contribution in [0.25, 0.3) is 0 Å². The highest BCUT2D eigenvalue weighted by Crippen LogP contribution is 2.12. The van der Waals surface area contributed by atoms with Crippen LogP contribution in [0.1, 0.15) is 10.4 Å². The van der Waals surface area contributed by atoms with Crippen molar-refractivity contribution in [2.75, 3.05) is 27.3 Å². The lowest BCUT2D eigenvalue weighted by Crippen LogP contribution is -2.43. The van der Waals surface area contributed by atoms with Crippen molar-refractivity contribution in [3.63, 3.8) is 0 Å². The Labute approximate surface area is 106 Å². The molecule has 2 rings (SSSR count). The minimum atomic E-state index is -0.0894. The molecule has 18 heavy (non-hydrogen) atoms. The van der Waals surface area contributed by atoms with Gasteiger partial charge in [0, 0.05) is 25.8 Å². The normalized spacial score (nSPS) is 22.8. The number of carbonyl (C=O) groups is 1. The van der Waals surface area contributed by atoms with Gasteiger partial charge in [0.05, 0.1) is 19.3 Å². The zero-order chi connectivity index (χ0) is 13.0. The van der Waals surface area contributed by atoms with E-state index in [1.165, 1.54) is 0 Å². The van der Waals surface area contributed by atoms with E-state index in [0.717, 1.165) is 18.8 Å². The first kappa shape index (κ1) is 12.9. The maximum Gasteiger partial charge on any atom is 0.251 e. The van der Waals surface area contributed by atoms with Gasteiger partial charge in [-0.3, -0.25) is 4.79 Å². The average molecular weight is 250 g/mol. The lowest BCUT2D eigenvalue weighted by molar-refractivity contribution is 0.0780. The first-order chi connectivity index (χ1) is 8.74. The van der Waals surface area contributed by atoms with E-state index in [1.54, 1.807) is 38.5 Å². The van der Waals surface area contributed by atoms with Gasteiger partial charge in [0.1, 0.15) is 5.75 Å². The number of benzene rings is 1. The summed E-state index contributed by atoms with van der Waals surface area (Å²) in [5, 5.41) is 6.16. The summed E-state index contributed by atoms with van der Waals surface area (Å²) in [6, 6.07) is 7.06. The van der Waals surface area contributed by atoms with Crippen LogP contribution in [0.4, 0.5) is 0 Å². The zero-order valence-electron chi connectivity index (χ0n) is 10.6. The summed E-state index contributed by atoms with van der Waals surface area (Å²) in [5.74, 6) is 0.650. The molecule has 1 heterocycles. The Kier molecular flexibility index (Phi) is 4.17. The van der Waals surface area contributed by atoms with Crippen LogP contribution in [0, 0.1) is 0 Å². The molecule has 1 saturated heterocycles. The van der Waals surface area contributed by atoms with Crippen LogP contribution >= 0.6 is 0 Å². The van der Waals surface area contributed by atoms with E-state index < -0.39 is 0 Å². The summed E-state index contributed by atoms with van der Waals surface area (Å²) in [6.07, 6.45) is 0.0344. The predicted octanol–water partition coefficient (Wildman–Crippen LogP) is 0.412. The van der Waals surface area contributed by atoms with Crippen LogP contribution in [-0.4, -0.2) is 45.4 Å². The van der Waals surface area contributed by atoms with Crippen molar-refractivity contribution in [2.24, 2.45) is 0 Å². The molecule has 0 radical (unpaired) electrons. The third-order valence-corrected chi connectivity index (χ3v) is 3.13. The highest BCUT2D eigenvalue weighted by atomic mass is 16.5. The van der Waals surface area contributed by atoms with Gasteiger partial charge >= 0.3 is 0 Å². The van der Waals surface area contributed by atoms with E-state index in [1.807, 2.05) is 0 Å². The van der Waals surface area contributed by atoms with E-state index in [4.69, 9.17) is 9.47 Å². The molecule has 1 amide bonds. The number of nitrogens with one attached hydrogen (secondary N) is 2. The van der Waals surface area contributed by atoms with Crippen molar-refractivity contribution in [2.45, 2.75) is 12.1 Å². The van der Waals surface area contributed by atoms with E-state index in [2.05, 4.69) is 10.6 Å². The van der Waals surface area contributed by atoms with E-state index >= 15 is 0 Å². The average Bonchev–Trinajstić information content (AvgIpc) is 2.86. The highest BCUT2D eigenvalue weighted by Gasteiger charge is 2.28. The third-order valence-electron chi connectivity index (χ3n) is 3.13. The molecule has 1 aromatic carbocycles. The fourth-order valence-corrected chi connectivity index (χ4v) is 2.04. The van der Waals surface area contributed by atoms with E-state index in [0.29, 0.717) is 5.56 Å². The summed E-state index contributed by atoms with van der Waals surface area (Å²) in [6.45, 7) is 1.50. The van der Waals surface area contributed by atoms with Gasteiger partial charge in [-0.05, 0) is 24.3 Å². The Morgan fingerprint density at radius 1 is 1.28 bits per heavy atom. The number of methoxy groups -OCH3 is 2. The van der Waals surface area contributed by atoms with Crippen molar-refractivity contribution < 1.29 is 14.3 Å². The monoisotopic (exact) mass is 250 g/mol. The van der Waals surface area contributed by atoms with E-state index in [9.17, 15) is 4.79 Å². The third kappa shape index (κ3) is 2.80. The molecule has 0 aromatic heterocycles. The van der Waals surface area contributed by atoms with Crippen LogP contribution in [0.3, 0.4) is 0 Å². The summed E-state index contributed by atoms with van der Waals surface area (Å²) >= 11 is 0. The van der Waals surface area contributed by atoms with Gasteiger partial charge in [-0.25, -0.2) is 0 Å². The number of hydrogen-bond donors (Lipinski definition) is 2. The minimum absolute atomic E-state index is 0.0181. The summed E-state index contributed by atoms with van der Waals surface area (Å²) in [4.78, 5) is 12.0. The number of amides is 1. The van der Waals surface area contributed by atoms with Crippen LogP contribution in [0.5, 0.6) is 5.75 Å². The van der Waals surface area contributed by atoms with Crippen molar-refractivity contribution >= 4 is 5.91 Å². The first-order valence-corrected chi connectivity index (χ1v) is 5.93. The number of rotatable bonds is 4. The topological polar surface area (TPSA) is 59.6 Å². The molecular formula is C13H18N2O3. The Hall–Kier alpha value is -1.59. The summed E-state index contributed by atoms with van der Waals surface area (Å²) in [7, 11) is 3.26. The quantitative estimate of drug-likeness (QED) is 0.812. The van der Waals surface area contributed by atoms with Gasteiger partial charge in [-0.2, -0.15) is 0 Å². The maximum absolute atomic E-state index is 12.0. The van der Waals surface area contributed by atoms with Gasteiger partial charge in [0.2, 0.25) is 0 Å². The van der Waals surface area contributed by atoms with Gasteiger partial charge in [0.25, 0.3) is 5.91 Å². The Bertz CT molecular complexity index is 405. The van der Waals surface area contributed by atoms with Crippen LogP contribution < -0.4 is 15.4 Å². The number of hydrogen-bond acceptors (Lipinski definition) is 4. The molecule has 2 N–H and O–H groups in total. The van der Waals surface area contributed by atoms with Gasteiger partial charge in [-0.15, -0.1) is 0 Å². The molecule has 98 valence electrons. The Morgan fingerprint density at radius 3 is 2.61 bits per heavy atom. The van der Waals surface area contributed by atoms with Gasteiger partial charge in [-0.1, -0.05) is 0 Å². The minimum Gasteiger partial charge on any atom is -0.497 e. The lowest BCUT2D eigenvalue weighted by atomic mass is 10.1. The molecule has 1 unspecified atom stereocenters. The fourth-order valence-electron chi connectivity index (χ4n) is 2.04.